The smallest absolute Gasteiger partial charge is 0.0935 e. The molecule has 4 rings (SSSR count). The number of rotatable bonds is 3. The third-order valence-corrected chi connectivity index (χ3v) is 5.00. The lowest BCUT2D eigenvalue weighted by Gasteiger charge is -2.39. The van der Waals surface area contributed by atoms with Crippen molar-refractivity contribution in [2.45, 2.75) is 13.0 Å². The molecular formula is C20H22N4. The van der Waals surface area contributed by atoms with Gasteiger partial charge in [-0.15, -0.1) is 0 Å². The Balaban J connectivity index is 1.50. The number of piperazine rings is 1. The summed E-state index contributed by atoms with van der Waals surface area (Å²) in [6.07, 6.45) is 5.64. The zero-order valence-electron chi connectivity index (χ0n) is 14.0. The van der Waals surface area contributed by atoms with Crippen LogP contribution in [-0.4, -0.2) is 41.0 Å². The quantitative estimate of drug-likeness (QED) is 0.740. The molecule has 3 aromatic rings. The monoisotopic (exact) mass is 318 g/mol. The van der Waals surface area contributed by atoms with Crippen LogP contribution < -0.4 is 4.90 Å². The van der Waals surface area contributed by atoms with Crippen molar-refractivity contribution in [1.82, 2.24) is 14.9 Å². The number of nitrogens with zero attached hydrogens (tertiary/aromatic N) is 4. The van der Waals surface area contributed by atoms with Gasteiger partial charge in [-0.1, -0.05) is 18.2 Å². The molecule has 1 fully saturated rings. The summed E-state index contributed by atoms with van der Waals surface area (Å²) in [5.41, 5.74) is 3.70. The minimum atomic E-state index is 0.431. The molecule has 4 heteroatoms. The topological polar surface area (TPSA) is 32.3 Å². The largest absolute Gasteiger partial charge is 0.367 e. The van der Waals surface area contributed by atoms with E-state index in [-0.39, 0.29) is 0 Å². The lowest BCUT2D eigenvalue weighted by molar-refractivity contribution is 0.198. The standard InChI is InChI=1S/C20H22N4/c1-16(17-7-10-21-11-8-17)23-12-14-24(15-13-23)19-6-2-4-18-5-3-9-22-20(18)19/h2-11,16H,12-15H2,1H3. The predicted molar refractivity (Wildman–Crippen MR) is 98.2 cm³/mol. The molecule has 0 N–H and O–H groups in total. The minimum Gasteiger partial charge on any atom is -0.367 e. The van der Waals surface area contributed by atoms with E-state index in [2.05, 4.69) is 63.1 Å². The number of hydrogen-bond donors (Lipinski definition) is 0. The molecule has 1 unspecified atom stereocenters. The highest BCUT2D eigenvalue weighted by Gasteiger charge is 2.23. The molecule has 1 saturated heterocycles. The van der Waals surface area contributed by atoms with Gasteiger partial charge in [0.2, 0.25) is 0 Å². The van der Waals surface area contributed by atoms with Gasteiger partial charge < -0.3 is 4.90 Å². The summed E-state index contributed by atoms with van der Waals surface area (Å²) in [6.45, 7) is 6.47. The Kier molecular flexibility index (Phi) is 4.13. The molecule has 1 atom stereocenters. The fourth-order valence-corrected chi connectivity index (χ4v) is 3.55. The maximum Gasteiger partial charge on any atom is 0.0935 e. The molecule has 3 heterocycles. The molecule has 0 spiro atoms. The van der Waals surface area contributed by atoms with Crippen molar-refractivity contribution >= 4 is 16.6 Å². The van der Waals surface area contributed by atoms with Gasteiger partial charge in [-0.05, 0) is 36.8 Å². The Bertz CT molecular complexity index is 805. The molecule has 1 aromatic carbocycles. The van der Waals surface area contributed by atoms with E-state index in [1.165, 1.54) is 16.6 Å². The summed E-state index contributed by atoms with van der Waals surface area (Å²) in [5, 5.41) is 1.21. The first kappa shape index (κ1) is 15.1. The van der Waals surface area contributed by atoms with E-state index in [0.717, 1.165) is 31.7 Å². The van der Waals surface area contributed by atoms with Crippen molar-refractivity contribution < 1.29 is 0 Å². The van der Waals surface area contributed by atoms with Crippen LogP contribution in [0.2, 0.25) is 0 Å². The fourth-order valence-electron chi connectivity index (χ4n) is 3.55. The number of fused-ring (bicyclic) bond motifs is 1. The zero-order chi connectivity index (χ0) is 16.4. The van der Waals surface area contributed by atoms with Crippen LogP contribution >= 0.6 is 0 Å². The minimum absolute atomic E-state index is 0.431. The van der Waals surface area contributed by atoms with Crippen LogP contribution in [0.4, 0.5) is 5.69 Å². The number of anilines is 1. The summed E-state index contributed by atoms with van der Waals surface area (Å²) in [5.74, 6) is 0. The average molecular weight is 318 g/mol. The number of aromatic nitrogens is 2. The highest BCUT2D eigenvalue weighted by molar-refractivity contribution is 5.90. The van der Waals surface area contributed by atoms with E-state index in [1.807, 2.05) is 24.7 Å². The van der Waals surface area contributed by atoms with Gasteiger partial charge in [0.05, 0.1) is 11.2 Å². The Hall–Kier alpha value is -2.46. The normalized spacial score (nSPS) is 17.1. The summed E-state index contributed by atoms with van der Waals surface area (Å²) in [4.78, 5) is 13.7. The van der Waals surface area contributed by atoms with Crippen LogP contribution in [0.5, 0.6) is 0 Å². The molecule has 0 amide bonds. The number of hydrogen-bond acceptors (Lipinski definition) is 4. The molecule has 0 aliphatic carbocycles. The molecule has 2 aromatic heterocycles. The van der Waals surface area contributed by atoms with E-state index >= 15 is 0 Å². The highest BCUT2D eigenvalue weighted by atomic mass is 15.3. The van der Waals surface area contributed by atoms with Crippen LogP contribution in [0.1, 0.15) is 18.5 Å². The second-order valence-corrected chi connectivity index (χ2v) is 6.33. The van der Waals surface area contributed by atoms with Crippen molar-refractivity contribution in [2.24, 2.45) is 0 Å². The number of benzene rings is 1. The van der Waals surface area contributed by atoms with Gasteiger partial charge in [-0.3, -0.25) is 14.9 Å². The van der Waals surface area contributed by atoms with E-state index in [4.69, 9.17) is 0 Å². The lowest BCUT2D eigenvalue weighted by Crippen LogP contribution is -2.47. The Morgan fingerprint density at radius 2 is 1.62 bits per heavy atom. The van der Waals surface area contributed by atoms with Crippen LogP contribution in [0.15, 0.2) is 61.1 Å². The van der Waals surface area contributed by atoms with Crippen molar-refractivity contribution in [3.05, 3.63) is 66.6 Å². The second kappa shape index (κ2) is 6.57. The fraction of sp³-hybridized carbons (Fsp3) is 0.300. The Morgan fingerprint density at radius 1 is 0.875 bits per heavy atom. The van der Waals surface area contributed by atoms with Gasteiger partial charge in [-0.25, -0.2) is 0 Å². The molecular weight excluding hydrogens is 296 g/mol. The maximum absolute atomic E-state index is 4.60. The average Bonchev–Trinajstić information content (AvgIpc) is 2.68. The van der Waals surface area contributed by atoms with Crippen molar-refractivity contribution in [1.29, 1.82) is 0 Å². The van der Waals surface area contributed by atoms with Crippen LogP contribution in [0, 0.1) is 0 Å². The summed E-state index contributed by atoms with van der Waals surface area (Å²) in [7, 11) is 0. The summed E-state index contributed by atoms with van der Waals surface area (Å²) in [6, 6.07) is 15.3. The van der Waals surface area contributed by atoms with Gasteiger partial charge in [0.15, 0.2) is 0 Å². The first-order chi connectivity index (χ1) is 11.8. The van der Waals surface area contributed by atoms with Gasteiger partial charge in [0.25, 0.3) is 0 Å². The van der Waals surface area contributed by atoms with Gasteiger partial charge in [0, 0.05) is 56.2 Å². The highest BCUT2D eigenvalue weighted by Crippen LogP contribution is 2.27. The number of para-hydroxylation sites is 1. The van der Waals surface area contributed by atoms with E-state index < -0.39 is 0 Å². The van der Waals surface area contributed by atoms with E-state index in [1.54, 1.807) is 0 Å². The van der Waals surface area contributed by atoms with Crippen molar-refractivity contribution in [3.63, 3.8) is 0 Å². The van der Waals surface area contributed by atoms with Gasteiger partial charge >= 0.3 is 0 Å². The Morgan fingerprint density at radius 3 is 2.42 bits per heavy atom. The molecule has 1 aliphatic rings. The molecule has 0 bridgehead atoms. The molecule has 24 heavy (non-hydrogen) atoms. The molecule has 1 aliphatic heterocycles. The van der Waals surface area contributed by atoms with Crippen LogP contribution in [0.3, 0.4) is 0 Å². The lowest BCUT2D eigenvalue weighted by atomic mass is 10.1. The number of pyridine rings is 2. The SMILES string of the molecule is CC(c1ccncc1)N1CCN(c2cccc3cccnc23)CC1. The maximum atomic E-state index is 4.60. The summed E-state index contributed by atoms with van der Waals surface area (Å²) < 4.78 is 0. The van der Waals surface area contributed by atoms with Crippen molar-refractivity contribution in [3.8, 4) is 0 Å². The summed E-state index contributed by atoms with van der Waals surface area (Å²) >= 11 is 0. The first-order valence-corrected chi connectivity index (χ1v) is 8.55. The first-order valence-electron chi connectivity index (χ1n) is 8.55. The van der Waals surface area contributed by atoms with Gasteiger partial charge in [-0.2, -0.15) is 0 Å². The molecule has 122 valence electrons. The van der Waals surface area contributed by atoms with E-state index in [0.29, 0.717) is 6.04 Å². The molecule has 0 saturated carbocycles. The third-order valence-electron chi connectivity index (χ3n) is 5.00. The Labute approximate surface area is 142 Å². The van der Waals surface area contributed by atoms with E-state index in [9.17, 15) is 0 Å². The molecule has 4 nitrogen and oxygen atoms in total. The van der Waals surface area contributed by atoms with Crippen LogP contribution in [0.25, 0.3) is 10.9 Å². The predicted octanol–water partition coefficient (Wildman–Crippen LogP) is 3.51. The zero-order valence-corrected chi connectivity index (χ0v) is 14.0. The van der Waals surface area contributed by atoms with Crippen LogP contribution in [-0.2, 0) is 0 Å². The van der Waals surface area contributed by atoms with Gasteiger partial charge in [0.1, 0.15) is 0 Å². The third kappa shape index (κ3) is 2.85. The van der Waals surface area contributed by atoms with Crippen molar-refractivity contribution in [2.75, 3.05) is 31.1 Å². The second-order valence-electron chi connectivity index (χ2n) is 6.33. The molecule has 0 radical (unpaired) electrons.